The Balaban J connectivity index is 1.93. The summed E-state index contributed by atoms with van der Waals surface area (Å²) in [6.07, 6.45) is 4.48. The van der Waals surface area contributed by atoms with Crippen LogP contribution in [0.25, 0.3) is 0 Å². The van der Waals surface area contributed by atoms with E-state index in [0.29, 0.717) is 24.7 Å². The van der Waals surface area contributed by atoms with E-state index in [2.05, 4.69) is 70.2 Å². The number of benzene rings is 3. The molecule has 0 saturated heterocycles. The molecule has 4 heteroatoms. The molecule has 180 valence electrons. The highest BCUT2D eigenvalue weighted by Crippen LogP contribution is 2.25. The van der Waals surface area contributed by atoms with Gasteiger partial charge in [-0.05, 0) is 62.1 Å². The lowest BCUT2D eigenvalue weighted by Crippen LogP contribution is -2.43. The molecule has 0 aromatic heterocycles. The minimum atomic E-state index is 0.0407. The number of unbranched alkanes of at least 4 members (excludes halogenated alkanes) is 3. The van der Waals surface area contributed by atoms with Crippen molar-refractivity contribution in [2.24, 2.45) is 0 Å². The molecule has 0 heterocycles. The Labute approximate surface area is 210 Å². The van der Waals surface area contributed by atoms with Crippen molar-refractivity contribution in [3.05, 3.63) is 99.6 Å². The van der Waals surface area contributed by atoms with Crippen molar-refractivity contribution in [3.8, 4) is 0 Å². The lowest BCUT2D eigenvalue weighted by Gasteiger charge is -2.32. The van der Waals surface area contributed by atoms with Crippen LogP contribution in [0.3, 0.4) is 0 Å². The van der Waals surface area contributed by atoms with E-state index in [4.69, 9.17) is 11.6 Å². The van der Waals surface area contributed by atoms with Gasteiger partial charge in [-0.1, -0.05) is 97.4 Å². The minimum absolute atomic E-state index is 0.0407. The number of hydrogen-bond acceptors (Lipinski definition) is 1. The summed E-state index contributed by atoms with van der Waals surface area (Å²) in [6, 6.07) is 22.6. The van der Waals surface area contributed by atoms with E-state index >= 15 is 0 Å². The molecular formula is C30H37ClN2O. The number of anilines is 1. The summed E-state index contributed by atoms with van der Waals surface area (Å²) in [4.78, 5) is 18.0. The molecule has 0 saturated carbocycles. The molecule has 2 amide bonds. The quantitative estimate of drug-likeness (QED) is 0.269. The first-order chi connectivity index (χ1) is 16.4. The molecule has 0 aliphatic rings. The normalized spacial score (nSPS) is 10.9. The molecule has 0 N–H and O–H groups in total. The van der Waals surface area contributed by atoms with Gasteiger partial charge in [0.15, 0.2) is 0 Å². The van der Waals surface area contributed by atoms with Crippen molar-refractivity contribution in [2.75, 3.05) is 11.4 Å². The van der Waals surface area contributed by atoms with Crippen LogP contribution in [-0.2, 0) is 13.1 Å². The monoisotopic (exact) mass is 476 g/mol. The second kappa shape index (κ2) is 12.6. The molecule has 0 aliphatic carbocycles. The molecule has 3 nitrogen and oxygen atoms in total. The largest absolute Gasteiger partial charge is 0.325 e. The van der Waals surface area contributed by atoms with Crippen molar-refractivity contribution < 1.29 is 4.79 Å². The van der Waals surface area contributed by atoms with Gasteiger partial charge in [0.25, 0.3) is 0 Å². The van der Waals surface area contributed by atoms with Crippen molar-refractivity contribution in [1.82, 2.24) is 4.90 Å². The molecule has 34 heavy (non-hydrogen) atoms. The number of aryl methyl sites for hydroxylation is 3. The molecule has 0 bridgehead atoms. The highest BCUT2D eigenvalue weighted by molar-refractivity contribution is 6.30. The molecule has 3 aromatic carbocycles. The van der Waals surface area contributed by atoms with Crippen LogP contribution in [0.4, 0.5) is 10.5 Å². The van der Waals surface area contributed by atoms with Crippen molar-refractivity contribution in [2.45, 2.75) is 66.5 Å². The van der Waals surface area contributed by atoms with Crippen molar-refractivity contribution in [3.63, 3.8) is 0 Å². The summed E-state index contributed by atoms with van der Waals surface area (Å²) < 4.78 is 0. The third-order valence-corrected chi connectivity index (χ3v) is 6.41. The third kappa shape index (κ3) is 7.36. The fraction of sp³-hybridized carbons (Fsp3) is 0.367. The highest BCUT2D eigenvalue weighted by Gasteiger charge is 2.24. The van der Waals surface area contributed by atoms with Crippen LogP contribution >= 0.6 is 11.6 Å². The average molecular weight is 477 g/mol. The van der Waals surface area contributed by atoms with Crippen LogP contribution in [0.2, 0.25) is 5.02 Å². The number of nitrogens with zero attached hydrogens (tertiary/aromatic N) is 2. The maximum Gasteiger partial charge on any atom is 0.325 e. The van der Waals surface area contributed by atoms with E-state index in [1.807, 2.05) is 34.1 Å². The fourth-order valence-electron chi connectivity index (χ4n) is 4.21. The standard InChI is InChI=1S/C30H37ClN2O/c1-5-6-7-8-19-33(29-18-11-24(3)20-25(29)4)30(34)32(21-26-12-9-23(2)10-13-26)22-27-14-16-28(31)17-15-27/h9-18,20H,5-8,19,21-22H2,1-4H3. The van der Waals surface area contributed by atoms with Gasteiger partial charge in [0.05, 0.1) is 0 Å². The van der Waals surface area contributed by atoms with Crippen molar-refractivity contribution >= 4 is 23.3 Å². The molecular weight excluding hydrogens is 440 g/mol. The topological polar surface area (TPSA) is 23.6 Å². The second-order valence-corrected chi connectivity index (χ2v) is 9.69. The van der Waals surface area contributed by atoms with Crippen LogP contribution in [0.1, 0.15) is 60.4 Å². The summed E-state index contributed by atoms with van der Waals surface area (Å²) >= 11 is 6.11. The second-order valence-electron chi connectivity index (χ2n) is 9.25. The maximum absolute atomic E-state index is 14.1. The van der Waals surface area contributed by atoms with Crippen LogP contribution < -0.4 is 4.90 Å². The Morgan fingerprint density at radius 2 is 1.35 bits per heavy atom. The van der Waals surface area contributed by atoms with E-state index < -0.39 is 0 Å². The van der Waals surface area contributed by atoms with Gasteiger partial charge >= 0.3 is 6.03 Å². The van der Waals surface area contributed by atoms with Gasteiger partial charge in [-0.15, -0.1) is 0 Å². The van der Waals surface area contributed by atoms with Crippen LogP contribution in [0.5, 0.6) is 0 Å². The van der Waals surface area contributed by atoms with E-state index in [1.165, 1.54) is 24.0 Å². The van der Waals surface area contributed by atoms with Gasteiger partial charge in [-0.2, -0.15) is 0 Å². The highest BCUT2D eigenvalue weighted by atomic mass is 35.5. The van der Waals surface area contributed by atoms with Crippen molar-refractivity contribution in [1.29, 1.82) is 0 Å². The molecule has 0 aliphatic heterocycles. The number of urea groups is 1. The Hall–Kier alpha value is -2.78. The third-order valence-electron chi connectivity index (χ3n) is 6.16. The van der Waals surface area contributed by atoms with Gasteiger partial charge in [-0.3, -0.25) is 4.90 Å². The van der Waals surface area contributed by atoms with Gasteiger partial charge < -0.3 is 4.90 Å². The number of carbonyl (C=O) groups is 1. The minimum Gasteiger partial charge on any atom is -0.316 e. The zero-order chi connectivity index (χ0) is 24.5. The SMILES string of the molecule is CCCCCCN(C(=O)N(Cc1ccc(C)cc1)Cc1ccc(Cl)cc1)c1ccc(C)cc1C. The predicted octanol–water partition coefficient (Wildman–Crippen LogP) is 8.47. The first-order valence-electron chi connectivity index (χ1n) is 12.3. The predicted molar refractivity (Wildman–Crippen MR) is 145 cm³/mol. The number of hydrogen-bond donors (Lipinski definition) is 0. The van der Waals surface area contributed by atoms with E-state index in [1.54, 1.807) is 0 Å². The molecule has 0 radical (unpaired) electrons. The number of amides is 2. The smallest absolute Gasteiger partial charge is 0.316 e. The lowest BCUT2D eigenvalue weighted by molar-refractivity contribution is 0.199. The average Bonchev–Trinajstić information content (AvgIpc) is 2.82. The zero-order valence-electron chi connectivity index (χ0n) is 21.0. The lowest BCUT2D eigenvalue weighted by atomic mass is 10.1. The number of carbonyl (C=O) groups excluding carboxylic acids is 1. The number of rotatable bonds is 10. The molecule has 3 aromatic rings. The Morgan fingerprint density at radius 1 is 0.765 bits per heavy atom. The molecule has 0 atom stereocenters. The maximum atomic E-state index is 14.1. The Kier molecular flexibility index (Phi) is 9.59. The molecule has 0 spiro atoms. The van der Waals surface area contributed by atoms with Gasteiger partial charge in [0, 0.05) is 30.3 Å². The van der Waals surface area contributed by atoms with Gasteiger partial charge in [0.2, 0.25) is 0 Å². The van der Waals surface area contributed by atoms with E-state index in [-0.39, 0.29) is 6.03 Å². The van der Waals surface area contributed by atoms with Crippen LogP contribution in [0, 0.1) is 20.8 Å². The summed E-state index contributed by atoms with van der Waals surface area (Å²) in [7, 11) is 0. The molecule has 0 fully saturated rings. The first-order valence-corrected chi connectivity index (χ1v) is 12.7. The first kappa shape index (κ1) is 25.8. The number of halogens is 1. The van der Waals surface area contributed by atoms with Gasteiger partial charge in [-0.25, -0.2) is 4.79 Å². The summed E-state index contributed by atoms with van der Waals surface area (Å²) in [5, 5.41) is 0.702. The van der Waals surface area contributed by atoms with E-state index in [0.717, 1.165) is 35.2 Å². The van der Waals surface area contributed by atoms with Gasteiger partial charge in [0.1, 0.15) is 0 Å². The molecule has 3 rings (SSSR count). The fourth-order valence-corrected chi connectivity index (χ4v) is 4.34. The van der Waals surface area contributed by atoms with E-state index in [9.17, 15) is 4.79 Å². The Bertz CT molecular complexity index is 1010. The zero-order valence-corrected chi connectivity index (χ0v) is 21.7. The van der Waals surface area contributed by atoms with Crippen LogP contribution in [-0.4, -0.2) is 17.5 Å². The summed E-state index contributed by atoms with van der Waals surface area (Å²) in [6.45, 7) is 10.3. The van der Waals surface area contributed by atoms with Crippen LogP contribution in [0.15, 0.2) is 66.7 Å². The summed E-state index contributed by atoms with van der Waals surface area (Å²) in [5.41, 5.74) is 6.74. The molecule has 0 unspecified atom stereocenters. The summed E-state index contributed by atoms with van der Waals surface area (Å²) in [5.74, 6) is 0. The Morgan fingerprint density at radius 3 is 1.94 bits per heavy atom.